The Morgan fingerprint density at radius 3 is 2.96 bits per heavy atom. The van der Waals surface area contributed by atoms with Crippen molar-refractivity contribution in [1.82, 2.24) is 5.01 Å². The monoisotopic (exact) mass is 378 g/mol. The average molecular weight is 379 g/mol. The summed E-state index contributed by atoms with van der Waals surface area (Å²) in [5, 5.41) is 10.3. The number of aryl methyl sites for hydroxylation is 2. The number of carbonyl (C=O) groups excluding carboxylic acids is 1. The van der Waals surface area contributed by atoms with E-state index in [9.17, 15) is 4.79 Å². The predicted molar refractivity (Wildman–Crippen MR) is 113 cm³/mol. The van der Waals surface area contributed by atoms with Gasteiger partial charge in [-0.3, -0.25) is 4.79 Å². The first-order valence-corrected chi connectivity index (χ1v) is 10.2. The molecule has 2 heterocycles. The average Bonchev–Trinajstić information content (AvgIpc) is 3.18. The van der Waals surface area contributed by atoms with Crippen molar-refractivity contribution in [2.24, 2.45) is 10.1 Å². The molecule has 1 unspecified atom stereocenters. The predicted octanol–water partition coefficient (Wildman–Crippen LogP) is 4.66. The van der Waals surface area contributed by atoms with Gasteiger partial charge >= 0.3 is 0 Å². The summed E-state index contributed by atoms with van der Waals surface area (Å²) in [6, 6.07) is 14.4. The number of rotatable bonds is 4. The van der Waals surface area contributed by atoms with Crippen LogP contribution in [0.5, 0.6) is 0 Å². The van der Waals surface area contributed by atoms with E-state index in [1.165, 1.54) is 17.3 Å². The van der Waals surface area contributed by atoms with Crippen LogP contribution in [-0.4, -0.2) is 28.1 Å². The fraction of sp³-hybridized carbons (Fsp3) is 0.286. The zero-order valence-electron chi connectivity index (χ0n) is 15.5. The number of fused-ring (bicyclic) bond motifs is 3. The van der Waals surface area contributed by atoms with Gasteiger partial charge in [0.15, 0.2) is 5.17 Å². The van der Waals surface area contributed by atoms with Crippen LogP contribution in [0.1, 0.15) is 36.1 Å². The number of para-hydroxylation sites is 2. The molecule has 0 bridgehead atoms. The lowest BCUT2D eigenvalue weighted by atomic mass is 10.0. The molecule has 0 saturated heterocycles. The molecule has 2 aliphatic heterocycles. The molecule has 2 aliphatic rings. The number of hydrogen-bond acceptors (Lipinski definition) is 5. The van der Waals surface area contributed by atoms with Crippen molar-refractivity contribution in [3.8, 4) is 0 Å². The molecule has 2 aromatic carbocycles. The molecule has 1 atom stereocenters. The largest absolute Gasteiger partial charge is 0.325 e. The molecule has 0 saturated carbocycles. The minimum Gasteiger partial charge on any atom is -0.325 e. The van der Waals surface area contributed by atoms with Crippen LogP contribution in [0.4, 0.5) is 11.4 Å². The van der Waals surface area contributed by atoms with E-state index >= 15 is 0 Å². The summed E-state index contributed by atoms with van der Waals surface area (Å²) < 4.78 is 0. The molecule has 27 heavy (non-hydrogen) atoms. The second-order valence-electron chi connectivity index (χ2n) is 6.65. The number of anilines is 1. The minimum absolute atomic E-state index is 0.0229. The van der Waals surface area contributed by atoms with Gasteiger partial charge in [0.1, 0.15) is 0 Å². The van der Waals surface area contributed by atoms with Crippen LogP contribution < -0.4 is 5.32 Å². The van der Waals surface area contributed by atoms with Crippen LogP contribution in [0, 0.1) is 6.92 Å². The lowest BCUT2D eigenvalue weighted by Crippen LogP contribution is -2.29. The third-order valence-electron chi connectivity index (χ3n) is 4.87. The van der Waals surface area contributed by atoms with Crippen LogP contribution in [0.25, 0.3) is 0 Å². The lowest BCUT2D eigenvalue weighted by Gasteiger charge is -2.29. The van der Waals surface area contributed by atoms with Crippen molar-refractivity contribution in [2.75, 3.05) is 11.1 Å². The summed E-state index contributed by atoms with van der Waals surface area (Å²) in [5.74, 6) is 0.280. The highest BCUT2D eigenvalue weighted by Gasteiger charge is 2.32. The zero-order valence-corrected chi connectivity index (χ0v) is 16.3. The topological polar surface area (TPSA) is 57.1 Å². The van der Waals surface area contributed by atoms with E-state index in [2.05, 4.69) is 29.5 Å². The molecule has 1 amide bonds. The van der Waals surface area contributed by atoms with Crippen molar-refractivity contribution in [3.63, 3.8) is 0 Å². The van der Waals surface area contributed by atoms with E-state index in [0.717, 1.165) is 40.5 Å². The molecule has 0 aromatic heterocycles. The summed E-state index contributed by atoms with van der Waals surface area (Å²) in [6.45, 7) is 4.12. The van der Waals surface area contributed by atoms with Gasteiger partial charge in [-0.25, -0.2) is 10.0 Å². The van der Waals surface area contributed by atoms with Gasteiger partial charge in [-0.15, -0.1) is 0 Å². The van der Waals surface area contributed by atoms with Crippen molar-refractivity contribution in [1.29, 1.82) is 0 Å². The molecule has 138 valence electrons. The Kier molecular flexibility index (Phi) is 4.99. The smallest absolute Gasteiger partial charge is 0.234 e. The quantitative estimate of drug-likeness (QED) is 0.842. The fourth-order valence-corrected chi connectivity index (χ4v) is 4.29. The molecule has 0 radical (unpaired) electrons. The second-order valence-corrected chi connectivity index (χ2v) is 7.59. The Morgan fingerprint density at radius 1 is 1.26 bits per heavy atom. The highest BCUT2D eigenvalue weighted by Crippen LogP contribution is 2.40. The number of hydrazone groups is 1. The van der Waals surface area contributed by atoms with Crippen LogP contribution in [0.15, 0.2) is 52.6 Å². The van der Waals surface area contributed by atoms with Gasteiger partial charge < -0.3 is 5.32 Å². The van der Waals surface area contributed by atoms with E-state index in [1.807, 2.05) is 48.5 Å². The van der Waals surface area contributed by atoms with E-state index < -0.39 is 0 Å². The van der Waals surface area contributed by atoms with Crippen LogP contribution in [0.3, 0.4) is 0 Å². The Morgan fingerprint density at radius 2 is 2.11 bits per heavy atom. The number of amidine groups is 1. The first-order chi connectivity index (χ1) is 13.2. The normalized spacial score (nSPS) is 17.3. The molecular weight excluding hydrogens is 356 g/mol. The molecule has 1 N–H and O–H groups in total. The number of nitrogens with one attached hydrogen (secondary N) is 1. The Labute approximate surface area is 163 Å². The highest BCUT2D eigenvalue weighted by atomic mass is 32.2. The minimum atomic E-state index is -0.0229. The van der Waals surface area contributed by atoms with Gasteiger partial charge in [0, 0.05) is 23.9 Å². The third kappa shape index (κ3) is 3.49. The number of thioether (sulfide) groups is 1. The van der Waals surface area contributed by atoms with Crippen molar-refractivity contribution in [2.45, 2.75) is 32.7 Å². The lowest BCUT2D eigenvalue weighted by molar-refractivity contribution is -0.113. The van der Waals surface area contributed by atoms with E-state index in [4.69, 9.17) is 4.99 Å². The molecular formula is C21H22N4OS. The van der Waals surface area contributed by atoms with Crippen LogP contribution in [-0.2, 0) is 11.2 Å². The second kappa shape index (κ2) is 7.56. The van der Waals surface area contributed by atoms with E-state index in [1.54, 1.807) is 0 Å². The van der Waals surface area contributed by atoms with Crippen molar-refractivity contribution >= 4 is 40.4 Å². The molecule has 2 aromatic rings. The number of aliphatic imine (C=N–C) groups is 1. The van der Waals surface area contributed by atoms with Crippen molar-refractivity contribution < 1.29 is 4.79 Å². The highest BCUT2D eigenvalue weighted by molar-refractivity contribution is 8.14. The van der Waals surface area contributed by atoms with Crippen LogP contribution in [0.2, 0.25) is 0 Å². The Balaban J connectivity index is 1.48. The van der Waals surface area contributed by atoms with Gasteiger partial charge in [-0.2, -0.15) is 5.10 Å². The third-order valence-corrected chi connectivity index (χ3v) is 5.82. The first kappa shape index (κ1) is 17.8. The number of carbonyl (C=O) groups is 1. The number of nitrogens with zero attached hydrogens (tertiary/aromatic N) is 3. The SMILES string of the molecule is CCc1cccc(C)c1NC(=O)CSC1=Nc2ccccc2C2CC=NN12. The van der Waals surface area contributed by atoms with Gasteiger partial charge in [-0.05, 0) is 30.5 Å². The summed E-state index contributed by atoms with van der Waals surface area (Å²) >= 11 is 1.43. The Bertz CT molecular complexity index is 938. The summed E-state index contributed by atoms with van der Waals surface area (Å²) in [7, 11) is 0. The molecule has 0 aliphatic carbocycles. The van der Waals surface area contributed by atoms with Gasteiger partial charge in [0.2, 0.25) is 5.91 Å². The summed E-state index contributed by atoms with van der Waals surface area (Å²) in [5.41, 5.74) is 5.33. The standard InChI is InChI=1S/C21H22N4OS/c1-3-15-8-6-7-14(2)20(15)24-19(26)13-27-21-23-17-10-5-4-9-16(17)18-11-12-22-25(18)21/h4-10,12,18H,3,11,13H2,1-2H3,(H,24,26). The van der Waals surface area contributed by atoms with Gasteiger partial charge in [0.25, 0.3) is 0 Å². The molecule has 5 nitrogen and oxygen atoms in total. The van der Waals surface area contributed by atoms with Crippen molar-refractivity contribution in [3.05, 3.63) is 59.2 Å². The fourth-order valence-electron chi connectivity index (χ4n) is 3.49. The summed E-state index contributed by atoms with van der Waals surface area (Å²) in [6.07, 6.45) is 3.67. The number of hydrogen-bond donors (Lipinski definition) is 1. The maximum atomic E-state index is 12.6. The molecule has 0 spiro atoms. The molecule has 6 heteroatoms. The van der Waals surface area contributed by atoms with Crippen LogP contribution >= 0.6 is 11.8 Å². The van der Waals surface area contributed by atoms with E-state index in [-0.39, 0.29) is 11.9 Å². The van der Waals surface area contributed by atoms with Gasteiger partial charge in [-0.1, -0.05) is 55.1 Å². The molecule has 0 fully saturated rings. The number of benzene rings is 2. The first-order valence-electron chi connectivity index (χ1n) is 9.17. The molecule has 4 rings (SSSR count). The van der Waals surface area contributed by atoms with E-state index in [0.29, 0.717) is 5.75 Å². The zero-order chi connectivity index (χ0) is 18.8. The summed E-state index contributed by atoms with van der Waals surface area (Å²) in [4.78, 5) is 17.3. The maximum Gasteiger partial charge on any atom is 0.234 e. The van der Waals surface area contributed by atoms with Gasteiger partial charge in [0.05, 0.1) is 17.5 Å². The number of amides is 1. The Hall–Kier alpha value is -2.60. The maximum absolute atomic E-state index is 12.6.